The van der Waals surface area contributed by atoms with Crippen LogP contribution in [0, 0.1) is 5.92 Å². The number of nitrogens with two attached hydrogens (primary N) is 1. The van der Waals surface area contributed by atoms with Gasteiger partial charge in [-0.15, -0.1) is 11.3 Å². The molecule has 3 nitrogen and oxygen atoms in total. The normalized spacial score (nSPS) is 27.2. The number of thiophene rings is 1. The number of rotatable bonds is 4. The van der Waals surface area contributed by atoms with E-state index in [2.05, 4.69) is 40.4 Å². The van der Waals surface area contributed by atoms with Crippen molar-refractivity contribution < 1.29 is 4.74 Å². The van der Waals surface area contributed by atoms with Gasteiger partial charge in [-0.3, -0.25) is 11.3 Å². The van der Waals surface area contributed by atoms with Gasteiger partial charge in [-0.1, -0.05) is 0 Å². The van der Waals surface area contributed by atoms with Gasteiger partial charge in [-0.2, -0.15) is 0 Å². The van der Waals surface area contributed by atoms with Gasteiger partial charge >= 0.3 is 0 Å². The quantitative estimate of drug-likeness (QED) is 0.663. The van der Waals surface area contributed by atoms with Crippen LogP contribution in [0.5, 0.6) is 0 Å². The monoisotopic (exact) mass is 304 g/mol. The van der Waals surface area contributed by atoms with Gasteiger partial charge in [0.25, 0.3) is 0 Å². The first kappa shape index (κ1) is 12.5. The third-order valence-corrected chi connectivity index (χ3v) is 4.71. The van der Waals surface area contributed by atoms with E-state index in [0.29, 0.717) is 18.1 Å². The van der Waals surface area contributed by atoms with Gasteiger partial charge < -0.3 is 4.74 Å². The SMILES string of the molecule is CC1CC(C(Cc2ccc(Br)s2)NN)CO1. The minimum absolute atomic E-state index is 0.315. The highest BCUT2D eigenvalue weighted by Crippen LogP contribution is 2.27. The van der Waals surface area contributed by atoms with Crippen LogP contribution in [-0.2, 0) is 11.2 Å². The summed E-state index contributed by atoms with van der Waals surface area (Å²) in [5, 5.41) is 0. The molecule has 1 aromatic rings. The van der Waals surface area contributed by atoms with Crippen molar-refractivity contribution in [1.29, 1.82) is 0 Å². The van der Waals surface area contributed by atoms with Crippen LogP contribution in [0.1, 0.15) is 18.2 Å². The molecule has 1 aliphatic rings. The minimum Gasteiger partial charge on any atom is -0.378 e. The molecule has 3 N–H and O–H groups in total. The summed E-state index contributed by atoms with van der Waals surface area (Å²) in [7, 11) is 0. The number of hydrogen-bond acceptors (Lipinski definition) is 4. The molecule has 0 amide bonds. The van der Waals surface area contributed by atoms with E-state index in [-0.39, 0.29) is 0 Å². The highest BCUT2D eigenvalue weighted by molar-refractivity contribution is 9.11. The maximum absolute atomic E-state index is 5.64. The Kier molecular flexibility index (Phi) is 4.38. The van der Waals surface area contributed by atoms with Gasteiger partial charge in [0.15, 0.2) is 0 Å². The van der Waals surface area contributed by atoms with Crippen LogP contribution in [0.4, 0.5) is 0 Å². The average Bonchev–Trinajstić information content (AvgIpc) is 2.84. The van der Waals surface area contributed by atoms with Crippen LogP contribution in [0.25, 0.3) is 0 Å². The predicted molar refractivity (Wildman–Crippen MR) is 70.4 cm³/mol. The second kappa shape index (κ2) is 5.60. The van der Waals surface area contributed by atoms with Crippen molar-refractivity contribution in [2.45, 2.75) is 31.9 Å². The third-order valence-electron chi connectivity index (χ3n) is 3.06. The van der Waals surface area contributed by atoms with Crippen molar-refractivity contribution in [2.75, 3.05) is 6.61 Å². The molecule has 2 rings (SSSR count). The van der Waals surface area contributed by atoms with Crippen molar-refractivity contribution in [3.8, 4) is 0 Å². The molecule has 1 aromatic heterocycles. The van der Waals surface area contributed by atoms with Crippen molar-refractivity contribution in [3.63, 3.8) is 0 Å². The first-order valence-electron chi connectivity index (χ1n) is 5.51. The van der Waals surface area contributed by atoms with E-state index >= 15 is 0 Å². The molecular formula is C11H17BrN2OS. The van der Waals surface area contributed by atoms with E-state index < -0.39 is 0 Å². The van der Waals surface area contributed by atoms with Gasteiger partial charge in [0.1, 0.15) is 0 Å². The molecule has 1 aliphatic heterocycles. The van der Waals surface area contributed by atoms with E-state index in [4.69, 9.17) is 10.6 Å². The van der Waals surface area contributed by atoms with E-state index in [1.54, 1.807) is 11.3 Å². The molecule has 0 bridgehead atoms. The van der Waals surface area contributed by atoms with Gasteiger partial charge in [0, 0.05) is 16.8 Å². The Morgan fingerprint density at radius 3 is 3.00 bits per heavy atom. The molecule has 0 radical (unpaired) electrons. The van der Waals surface area contributed by atoms with Crippen LogP contribution < -0.4 is 11.3 Å². The molecule has 0 aliphatic carbocycles. The Hall–Kier alpha value is 0.0600. The third kappa shape index (κ3) is 3.05. The fourth-order valence-electron chi connectivity index (χ4n) is 2.17. The van der Waals surface area contributed by atoms with E-state index in [0.717, 1.165) is 19.4 Å². The molecule has 3 unspecified atom stereocenters. The zero-order chi connectivity index (χ0) is 11.5. The molecule has 0 saturated carbocycles. The lowest BCUT2D eigenvalue weighted by Gasteiger charge is -2.20. The zero-order valence-corrected chi connectivity index (χ0v) is 11.7. The van der Waals surface area contributed by atoms with E-state index in [1.165, 1.54) is 8.66 Å². The van der Waals surface area contributed by atoms with Crippen LogP contribution in [-0.4, -0.2) is 18.8 Å². The summed E-state index contributed by atoms with van der Waals surface area (Å²) in [5.74, 6) is 6.17. The Morgan fingerprint density at radius 2 is 2.50 bits per heavy atom. The molecule has 16 heavy (non-hydrogen) atoms. The Bertz CT molecular complexity index is 344. The summed E-state index contributed by atoms with van der Waals surface area (Å²) in [5.41, 5.74) is 2.93. The molecular weight excluding hydrogens is 288 g/mol. The van der Waals surface area contributed by atoms with Gasteiger partial charge in [0.2, 0.25) is 0 Å². The van der Waals surface area contributed by atoms with Gasteiger partial charge in [-0.05, 0) is 47.8 Å². The maximum Gasteiger partial charge on any atom is 0.0701 e. The van der Waals surface area contributed by atoms with Crippen LogP contribution >= 0.6 is 27.3 Å². The lowest BCUT2D eigenvalue weighted by molar-refractivity contribution is 0.117. The fourth-order valence-corrected chi connectivity index (χ4v) is 3.71. The minimum atomic E-state index is 0.315. The highest BCUT2D eigenvalue weighted by atomic mass is 79.9. The molecule has 5 heteroatoms. The number of ether oxygens (including phenoxy) is 1. The molecule has 0 spiro atoms. The predicted octanol–water partition coefficient (Wildman–Crippen LogP) is 2.31. The molecule has 90 valence electrons. The summed E-state index contributed by atoms with van der Waals surface area (Å²) in [6.07, 6.45) is 2.45. The number of nitrogens with one attached hydrogen (secondary N) is 1. The Balaban J connectivity index is 1.95. The number of hydrazine groups is 1. The molecule has 0 aromatic carbocycles. The Labute approximate surface area is 108 Å². The second-order valence-corrected chi connectivity index (χ2v) is 6.87. The average molecular weight is 305 g/mol. The van der Waals surface area contributed by atoms with Crippen molar-refractivity contribution in [1.82, 2.24) is 5.43 Å². The molecule has 1 fully saturated rings. The summed E-state index contributed by atoms with van der Waals surface area (Å²) >= 11 is 5.25. The summed E-state index contributed by atoms with van der Waals surface area (Å²) < 4.78 is 6.77. The fraction of sp³-hybridized carbons (Fsp3) is 0.636. The van der Waals surface area contributed by atoms with Gasteiger partial charge in [0.05, 0.1) is 16.5 Å². The second-order valence-electron chi connectivity index (χ2n) is 4.32. The standard InChI is InChI=1S/C11H17BrN2OS/c1-7-4-8(6-15-7)10(14-13)5-9-2-3-11(12)16-9/h2-3,7-8,10,14H,4-6,13H2,1H3. The Morgan fingerprint density at radius 1 is 1.69 bits per heavy atom. The van der Waals surface area contributed by atoms with Crippen molar-refractivity contribution in [3.05, 3.63) is 20.8 Å². The van der Waals surface area contributed by atoms with Crippen LogP contribution in [0.15, 0.2) is 15.9 Å². The summed E-state index contributed by atoms with van der Waals surface area (Å²) in [6.45, 7) is 2.94. The van der Waals surface area contributed by atoms with Crippen LogP contribution in [0.3, 0.4) is 0 Å². The highest BCUT2D eigenvalue weighted by Gasteiger charge is 2.29. The maximum atomic E-state index is 5.64. The smallest absolute Gasteiger partial charge is 0.0701 e. The topological polar surface area (TPSA) is 47.3 Å². The van der Waals surface area contributed by atoms with E-state index in [9.17, 15) is 0 Å². The first-order chi connectivity index (χ1) is 7.69. The first-order valence-corrected chi connectivity index (χ1v) is 7.12. The number of halogens is 1. The number of hydrogen-bond donors (Lipinski definition) is 2. The largest absolute Gasteiger partial charge is 0.378 e. The van der Waals surface area contributed by atoms with Crippen molar-refractivity contribution in [2.24, 2.45) is 11.8 Å². The van der Waals surface area contributed by atoms with Crippen LogP contribution in [0.2, 0.25) is 0 Å². The lowest BCUT2D eigenvalue weighted by Crippen LogP contribution is -2.42. The molecule has 3 atom stereocenters. The lowest BCUT2D eigenvalue weighted by atomic mass is 9.94. The summed E-state index contributed by atoms with van der Waals surface area (Å²) in [4.78, 5) is 1.36. The van der Waals surface area contributed by atoms with Crippen molar-refractivity contribution >= 4 is 27.3 Å². The summed E-state index contributed by atoms with van der Waals surface area (Å²) in [6, 6.07) is 4.55. The van der Waals surface area contributed by atoms with E-state index in [1.807, 2.05) is 0 Å². The molecule has 1 saturated heterocycles. The zero-order valence-electron chi connectivity index (χ0n) is 9.28. The van der Waals surface area contributed by atoms with Gasteiger partial charge in [-0.25, -0.2) is 0 Å². The molecule has 2 heterocycles.